The van der Waals surface area contributed by atoms with E-state index in [9.17, 15) is 9.18 Å². The normalized spacial score (nSPS) is 18.1. The summed E-state index contributed by atoms with van der Waals surface area (Å²) in [6, 6.07) is 28.9. The third-order valence-electron chi connectivity index (χ3n) is 6.54. The van der Waals surface area contributed by atoms with Crippen LogP contribution in [-0.2, 0) is 0 Å². The number of hydrogen-bond donors (Lipinski definition) is 0. The molecule has 0 saturated heterocycles. The fourth-order valence-corrected chi connectivity index (χ4v) is 4.63. The molecule has 2 heterocycles. The van der Waals surface area contributed by atoms with E-state index in [-0.39, 0.29) is 11.9 Å². The number of halogens is 1. The van der Waals surface area contributed by atoms with E-state index in [1.54, 1.807) is 36.4 Å². The highest BCUT2D eigenvalue weighted by atomic mass is 19.1. The van der Waals surface area contributed by atoms with Gasteiger partial charge >= 0.3 is 5.97 Å². The first-order valence-electron chi connectivity index (χ1n) is 11.8. The quantitative estimate of drug-likeness (QED) is 0.245. The number of ether oxygens (including phenoxy) is 2. The molecule has 0 unspecified atom stereocenters. The minimum atomic E-state index is -0.468. The number of nitrogens with zero attached hydrogens (tertiary/aromatic N) is 2. The molecule has 6 heteroatoms. The molecule has 4 aromatic rings. The van der Waals surface area contributed by atoms with Crippen LogP contribution in [0, 0.1) is 12.7 Å². The van der Waals surface area contributed by atoms with E-state index in [0.29, 0.717) is 17.7 Å². The molecule has 0 bridgehead atoms. The average Bonchev–Trinajstić information content (AvgIpc) is 3.36. The molecule has 0 aliphatic carbocycles. The van der Waals surface area contributed by atoms with Crippen molar-refractivity contribution in [2.75, 3.05) is 0 Å². The minimum Gasteiger partial charge on any atom is -0.464 e. The van der Waals surface area contributed by atoms with Crippen molar-refractivity contribution < 1.29 is 18.7 Å². The smallest absolute Gasteiger partial charge is 0.343 e. The Morgan fingerprint density at radius 1 is 0.944 bits per heavy atom. The van der Waals surface area contributed by atoms with Gasteiger partial charge in [-0.3, -0.25) is 0 Å². The number of esters is 1. The molecule has 4 aromatic carbocycles. The van der Waals surface area contributed by atoms with Gasteiger partial charge in [0.2, 0.25) is 6.23 Å². The first kappa shape index (κ1) is 22.0. The average molecular weight is 479 g/mol. The van der Waals surface area contributed by atoms with E-state index in [2.05, 4.69) is 6.07 Å². The van der Waals surface area contributed by atoms with Crippen molar-refractivity contribution in [3.63, 3.8) is 0 Å². The Balaban J connectivity index is 1.29. The maximum atomic E-state index is 13.5. The zero-order chi connectivity index (χ0) is 24.6. The number of rotatable bonds is 4. The Bertz CT molecular complexity index is 1450. The molecule has 178 valence electrons. The first-order valence-corrected chi connectivity index (χ1v) is 11.8. The van der Waals surface area contributed by atoms with E-state index >= 15 is 0 Å². The van der Waals surface area contributed by atoms with Gasteiger partial charge in [0, 0.05) is 17.5 Å². The third-order valence-corrected chi connectivity index (χ3v) is 6.54. The molecule has 2 atom stereocenters. The van der Waals surface area contributed by atoms with Gasteiger partial charge in [-0.1, -0.05) is 60.2 Å². The molecule has 0 saturated carbocycles. The molecule has 0 radical (unpaired) electrons. The van der Waals surface area contributed by atoms with E-state index in [0.717, 1.165) is 33.7 Å². The second-order valence-electron chi connectivity index (χ2n) is 8.99. The van der Waals surface area contributed by atoms with Gasteiger partial charge in [-0.05, 0) is 55.0 Å². The summed E-state index contributed by atoms with van der Waals surface area (Å²) < 4.78 is 25.4. The van der Waals surface area contributed by atoms with Crippen molar-refractivity contribution in [1.29, 1.82) is 0 Å². The predicted molar refractivity (Wildman–Crippen MR) is 135 cm³/mol. The predicted octanol–water partition coefficient (Wildman–Crippen LogP) is 6.60. The van der Waals surface area contributed by atoms with Gasteiger partial charge in [0.05, 0.1) is 17.3 Å². The Morgan fingerprint density at radius 3 is 2.42 bits per heavy atom. The van der Waals surface area contributed by atoms with E-state index in [4.69, 9.17) is 14.6 Å². The summed E-state index contributed by atoms with van der Waals surface area (Å²) in [5.41, 5.74) is 5.24. The lowest BCUT2D eigenvalue weighted by Gasteiger charge is -2.38. The molecule has 36 heavy (non-hydrogen) atoms. The molecule has 0 aromatic heterocycles. The van der Waals surface area contributed by atoms with Crippen LogP contribution in [-0.4, -0.2) is 16.7 Å². The van der Waals surface area contributed by atoms with Crippen LogP contribution >= 0.6 is 0 Å². The summed E-state index contributed by atoms with van der Waals surface area (Å²) in [6.07, 6.45) is 0.216. The number of fused-ring (bicyclic) bond motifs is 3. The highest BCUT2D eigenvalue weighted by Crippen LogP contribution is 2.47. The number of carbonyl (C=O) groups is 1. The maximum absolute atomic E-state index is 13.5. The molecular formula is C30H23FN2O3. The summed E-state index contributed by atoms with van der Waals surface area (Å²) >= 11 is 0. The van der Waals surface area contributed by atoms with E-state index in [1.165, 1.54) is 12.1 Å². The molecular weight excluding hydrogens is 455 g/mol. The highest BCUT2D eigenvalue weighted by Gasteiger charge is 2.40. The van der Waals surface area contributed by atoms with Gasteiger partial charge in [-0.15, -0.1) is 0 Å². The summed E-state index contributed by atoms with van der Waals surface area (Å²) in [4.78, 5) is 12.6. The maximum Gasteiger partial charge on any atom is 0.343 e. The van der Waals surface area contributed by atoms with Crippen molar-refractivity contribution >= 4 is 11.7 Å². The lowest BCUT2D eigenvalue weighted by molar-refractivity contribution is -0.0190. The fraction of sp³-hybridized carbons (Fsp3) is 0.133. The van der Waals surface area contributed by atoms with Crippen LogP contribution < -0.4 is 9.47 Å². The summed E-state index contributed by atoms with van der Waals surface area (Å²) in [6.45, 7) is 1.98. The van der Waals surface area contributed by atoms with Crippen LogP contribution in [0.3, 0.4) is 0 Å². The molecule has 0 fully saturated rings. The first-order chi connectivity index (χ1) is 17.5. The van der Waals surface area contributed by atoms with Crippen LogP contribution in [0.2, 0.25) is 0 Å². The van der Waals surface area contributed by atoms with Gasteiger partial charge in [0.15, 0.2) is 0 Å². The third kappa shape index (κ3) is 4.11. The molecule has 6 rings (SSSR count). The van der Waals surface area contributed by atoms with E-state index in [1.807, 2.05) is 54.4 Å². The van der Waals surface area contributed by atoms with Crippen molar-refractivity contribution in [1.82, 2.24) is 5.01 Å². The molecule has 2 aliphatic rings. The van der Waals surface area contributed by atoms with Crippen LogP contribution in [0.1, 0.15) is 51.3 Å². The summed E-state index contributed by atoms with van der Waals surface area (Å²) in [7, 11) is 0. The monoisotopic (exact) mass is 478 g/mol. The summed E-state index contributed by atoms with van der Waals surface area (Å²) in [5, 5.41) is 6.86. The van der Waals surface area contributed by atoms with Crippen molar-refractivity contribution in [3.05, 3.63) is 131 Å². The van der Waals surface area contributed by atoms with Crippen molar-refractivity contribution in [3.8, 4) is 11.5 Å². The van der Waals surface area contributed by atoms with Crippen LogP contribution in [0.4, 0.5) is 4.39 Å². The Morgan fingerprint density at radius 2 is 1.67 bits per heavy atom. The Hall–Kier alpha value is -4.45. The number of aryl methyl sites for hydroxylation is 1. The molecule has 5 nitrogen and oxygen atoms in total. The molecule has 2 aliphatic heterocycles. The molecule has 0 amide bonds. The zero-order valence-corrected chi connectivity index (χ0v) is 19.6. The Labute approximate surface area is 208 Å². The number of carbonyl (C=O) groups excluding carboxylic acids is 1. The highest BCUT2D eigenvalue weighted by molar-refractivity contribution is 6.02. The van der Waals surface area contributed by atoms with Gasteiger partial charge < -0.3 is 9.47 Å². The van der Waals surface area contributed by atoms with Gasteiger partial charge in [-0.25, -0.2) is 14.2 Å². The number of benzene rings is 4. The zero-order valence-electron chi connectivity index (χ0n) is 19.6. The van der Waals surface area contributed by atoms with Gasteiger partial charge in [-0.2, -0.15) is 5.10 Å². The van der Waals surface area contributed by atoms with Crippen LogP contribution in [0.15, 0.2) is 102 Å². The number of hydrogen-bond acceptors (Lipinski definition) is 5. The second kappa shape index (κ2) is 8.96. The van der Waals surface area contributed by atoms with Gasteiger partial charge in [0.1, 0.15) is 17.3 Å². The van der Waals surface area contributed by atoms with Crippen molar-refractivity contribution in [2.45, 2.75) is 25.6 Å². The molecule has 0 N–H and O–H groups in total. The number of para-hydroxylation sites is 1. The topological polar surface area (TPSA) is 51.1 Å². The van der Waals surface area contributed by atoms with Gasteiger partial charge in [0.25, 0.3) is 0 Å². The van der Waals surface area contributed by atoms with E-state index < -0.39 is 12.2 Å². The van der Waals surface area contributed by atoms with Crippen molar-refractivity contribution in [2.24, 2.45) is 5.10 Å². The summed E-state index contributed by atoms with van der Waals surface area (Å²) in [5.74, 6) is 0.616. The lowest BCUT2D eigenvalue weighted by Crippen LogP contribution is -2.33. The fourth-order valence-electron chi connectivity index (χ4n) is 4.63. The largest absolute Gasteiger partial charge is 0.464 e. The minimum absolute atomic E-state index is 0.00816. The second-order valence-corrected chi connectivity index (χ2v) is 8.99. The standard InChI is InChI=1S/C30H23FN2O3/c1-19-6-16-24(17-7-19)35-30(34)22-10-8-21(9-11-22)29-33-27(25-4-2-3-5-28(25)36-29)18-26(32-33)20-12-14-23(31)15-13-20/h2-17,27,29H,18H2,1H3/t27-,29-/m1/s1. The Kier molecular flexibility index (Phi) is 5.49. The molecule has 0 spiro atoms. The number of hydrazone groups is 1. The van der Waals surface area contributed by atoms with Crippen LogP contribution in [0.5, 0.6) is 11.5 Å². The SMILES string of the molecule is Cc1ccc(OC(=O)c2ccc([C@H]3Oc4ccccc4[C@H]4CC(c5ccc(F)cc5)=NN43)cc2)cc1. The van der Waals surface area contributed by atoms with Crippen LogP contribution in [0.25, 0.3) is 0 Å². The lowest BCUT2D eigenvalue weighted by atomic mass is 9.96.